The van der Waals surface area contributed by atoms with Crippen molar-refractivity contribution in [3.8, 4) is 5.75 Å². The molecule has 0 unspecified atom stereocenters. The number of hydrogen-bond acceptors (Lipinski definition) is 5. The molecule has 0 radical (unpaired) electrons. The number of phenolic OH excluding ortho intramolecular Hbond substituents is 1. The molecule has 0 aromatic heterocycles. The largest absolute Gasteiger partial charge is 0.507 e. The van der Waals surface area contributed by atoms with E-state index in [0.717, 1.165) is 35.4 Å². The van der Waals surface area contributed by atoms with Crippen LogP contribution in [0.5, 0.6) is 5.75 Å². The van der Waals surface area contributed by atoms with Crippen molar-refractivity contribution in [3.63, 3.8) is 0 Å². The van der Waals surface area contributed by atoms with E-state index in [1.165, 1.54) is 0 Å². The van der Waals surface area contributed by atoms with E-state index in [9.17, 15) is 5.11 Å². The van der Waals surface area contributed by atoms with Gasteiger partial charge in [0.1, 0.15) is 10.8 Å². The molecule has 150 valence electrons. The Balaban J connectivity index is 1.75. The van der Waals surface area contributed by atoms with Gasteiger partial charge in [0.2, 0.25) is 0 Å². The fourth-order valence-electron chi connectivity index (χ4n) is 4.34. The van der Waals surface area contributed by atoms with Crippen molar-refractivity contribution in [2.45, 2.75) is 57.7 Å². The van der Waals surface area contributed by atoms with Crippen LogP contribution in [0, 0.1) is 10.8 Å². The fourth-order valence-corrected chi connectivity index (χ4v) is 5.10. The van der Waals surface area contributed by atoms with E-state index in [1.54, 1.807) is 6.07 Å². The molecule has 1 aliphatic rings. The molecule has 2 aromatic carbocycles. The van der Waals surface area contributed by atoms with Crippen molar-refractivity contribution in [1.29, 1.82) is 10.8 Å². The first-order chi connectivity index (χ1) is 13.0. The van der Waals surface area contributed by atoms with Crippen LogP contribution in [0.25, 0.3) is 10.8 Å². The maximum absolute atomic E-state index is 10.4. The summed E-state index contributed by atoms with van der Waals surface area (Å²) in [5.41, 5.74) is 0.457. The third kappa shape index (κ3) is 4.50. The number of hydrogen-bond donors (Lipinski definition) is 4. The van der Waals surface area contributed by atoms with Crippen molar-refractivity contribution in [2.24, 2.45) is 0 Å². The zero-order chi connectivity index (χ0) is 20.7. The normalized spacial score (nSPS) is 18.8. The number of phenols is 1. The van der Waals surface area contributed by atoms with Crippen LogP contribution >= 0.6 is 11.8 Å². The molecule has 0 atom stereocenters. The number of rotatable bonds is 2. The average Bonchev–Trinajstić information content (AvgIpc) is 2.57. The Kier molecular flexibility index (Phi) is 5.47. The molecule has 1 heterocycles. The van der Waals surface area contributed by atoms with Gasteiger partial charge in [-0.1, -0.05) is 24.3 Å². The van der Waals surface area contributed by atoms with Crippen LogP contribution in [-0.2, 0) is 0 Å². The number of fused-ring (bicyclic) bond motifs is 1. The van der Waals surface area contributed by atoms with Crippen molar-refractivity contribution in [1.82, 2.24) is 10.2 Å². The molecule has 2 aromatic rings. The number of benzene rings is 2. The smallest absolute Gasteiger partial charge is 0.162 e. The van der Waals surface area contributed by atoms with Gasteiger partial charge in [0.15, 0.2) is 5.17 Å². The third-order valence-electron chi connectivity index (χ3n) is 5.34. The van der Waals surface area contributed by atoms with Crippen molar-refractivity contribution < 1.29 is 5.11 Å². The zero-order valence-electron chi connectivity index (χ0n) is 17.3. The number of aromatic hydroxyl groups is 1. The lowest BCUT2D eigenvalue weighted by atomic mass is 9.79. The quantitative estimate of drug-likeness (QED) is 0.433. The predicted octanol–water partition coefficient (Wildman–Crippen LogP) is 4.78. The molecule has 5 nitrogen and oxygen atoms in total. The van der Waals surface area contributed by atoms with Gasteiger partial charge in [-0.2, -0.15) is 0 Å². The first-order valence-corrected chi connectivity index (χ1v) is 10.4. The first-order valence-electron chi connectivity index (χ1n) is 9.57. The maximum Gasteiger partial charge on any atom is 0.162 e. The van der Waals surface area contributed by atoms with Gasteiger partial charge < -0.3 is 15.3 Å². The Morgan fingerprint density at radius 1 is 1.07 bits per heavy atom. The summed E-state index contributed by atoms with van der Waals surface area (Å²) in [5, 5.41) is 33.5. The van der Waals surface area contributed by atoms with Gasteiger partial charge in [-0.05, 0) is 75.2 Å². The molecule has 0 amide bonds. The van der Waals surface area contributed by atoms with Gasteiger partial charge in [0.05, 0.1) is 0 Å². The number of nitrogens with one attached hydrogen (secondary N) is 3. The summed E-state index contributed by atoms with van der Waals surface area (Å²) >= 11 is 1.09. The van der Waals surface area contributed by atoms with Crippen LogP contribution in [-0.4, -0.2) is 44.4 Å². The zero-order valence-corrected chi connectivity index (χ0v) is 18.1. The molecule has 4 N–H and O–H groups in total. The molecular weight excluding hydrogens is 368 g/mol. The molecule has 28 heavy (non-hydrogen) atoms. The Morgan fingerprint density at radius 2 is 1.61 bits per heavy atom. The summed E-state index contributed by atoms with van der Waals surface area (Å²) in [6, 6.07) is 11.5. The predicted molar refractivity (Wildman–Crippen MR) is 120 cm³/mol. The van der Waals surface area contributed by atoms with Crippen LogP contribution < -0.4 is 5.32 Å². The molecule has 0 saturated carbocycles. The minimum Gasteiger partial charge on any atom is -0.507 e. The van der Waals surface area contributed by atoms with Crippen molar-refractivity contribution in [2.75, 3.05) is 7.05 Å². The van der Waals surface area contributed by atoms with Crippen LogP contribution in [0.1, 0.15) is 46.1 Å². The lowest BCUT2D eigenvalue weighted by Gasteiger charge is -2.49. The molecule has 0 aliphatic carbocycles. The second kappa shape index (κ2) is 7.41. The van der Waals surface area contributed by atoms with Gasteiger partial charge in [0.25, 0.3) is 0 Å². The maximum atomic E-state index is 10.4. The Bertz CT molecular complexity index is 906. The minimum absolute atomic E-state index is 0.00422. The van der Waals surface area contributed by atoms with Gasteiger partial charge in [0, 0.05) is 29.7 Å². The molecule has 1 fully saturated rings. The van der Waals surface area contributed by atoms with E-state index >= 15 is 0 Å². The van der Waals surface area contributed by atoms with Crippen LogP contribution in [0.2, 0.25) is 0 Å². The van der Waals surface area contributed by atoms with Crippen LogP contribution in [0.4, 0.5) is 0 Å². The number of nitrogens with zero attached hydrogens (tertiary/aromatic N) is 1. The highest BCUT2D eigenvalue weighted by molar-refractivity contribution is 8.26. The summed E-state index contributed by atoms with van der Waals surface area (Å²) in [7, 11) is 1.94. The Labute approximate surface area is 171 Å². The van der Waals surface area contributed by atoms with Crippen molar-refractivity contribution >= 4 is 32.7 Å². The van der Waals surface area contributed by atoms with E-state index in [2.05, 4.69) is 33.0 Å². The monoisotopic (exact) mass is 398 g/mol. The summed E-state index contributed by atoms with van der Waals surface area (Å²) in [4.78, 5) is 1.97. The number of thioether (sulfide) groups is 1. The van der Waals surface area contributed by atoms with E-state index in [1.807, 2.05) is 42.3 Å². The summed E-state index contributed by atoms with van der Waals surface area (Å²) in [6.07, 6.45) is 1.87. The molecular formula is C22H30N4OS. The molecule has 3 rings (SSSR count). The number of amidine groups is 1. The van der Waals surface area contributed by atoms with E-state index in [4.69, 9.17) is 10.8 Å². The Hall–Kier alpha value is -2.05. The molecule has 0 spiro atoms. The Morgan fingerprint density at radius 3 is 2.18 bits per heavy atom. The van der Waals surface area contributed by atoms with E-state index in [0.29, 0.717) is 10.7 Å². The highest BCUT2D eigenvalue weighted by atomic mass is 32.2. The fraction of sp³-hybridized carbons (Fsp3) is 0.455. The van der Waals surface area contributed by atoms with Crippen molar-refractivity contribution in [3.05, 3.63) is 42.0 Å². The van der Waals surface area contributed by atoms with E-state index in [-0.39, 0.29) is 27.9 Å². The third-order valence-corrected chi connectivity index (χ3v) is 6.25. The van der Waals surface area contributed by atoms with E-state index < -0.39 is 0 Å². The summed E-state index contributed by atoms with van der Waals surface area (Å²) in [6.45, 7) is 8.78. The lowest BCUT2D eigenvalue weighted by molar-refractivity contribution is 0.114. The highest BCUT2D eigenvalue weighted by Gasteiger charge is 2.39. The first kappa shape index (κ1) is 20.7. The second-order valence-electron chi connectivity index (χ2n) is 9.02. The lowest BCUT2D eigenvalue weighted by Crippen LogP contribution is -2.62. The number of piperidine rings is 1. The second-order valence-corrected chi connectivity index (χ2v) is 10.0. The topological polar surface area (TPSA) is 83.2 Å². The summed E-state index contributed by atoms with van der Waals surface area (Å²) in [5.74, 6) is 0.0794. The molecule has 1 aliphatic heterocycles. The SMILES string of the molecule is CN(C(=N)SC(=N)c1cc2ccccc2cc1O)C1CC(C)(C)NC(C)(C)C1. The molecule has 0 bridgehead atoms. The van der Waals surface area contributed by atoms with Crippen LogP contribution in [0.15, 0.2) is 36.4 Å². The standard InChI is InChI=1S/C22H30N4OS/c1-21(2)12-16(13-22(3,4)25-21)26(5)20(24)28-19(23)17-10-14-8-6-7-9-15(14)11-18(17)27/h6-11,16,23-25,27H,12-13H2,1-5H3. The van der Waals surface area contributed by atoms with Gasteiger partial charge in [-0.15, -0.1) is 0 Å². The van der Waals surface area contributed by atoms with Gasteiger partial charge in [-0.25, -0.2) is 0 Å². The van der Waals surface area contributed by atoms with Gasteiger partial charge >= 0.3 is 0 Å². The summed E-state index contributed by atoms with van der Waals surface area (Å²) < 4.78 is 0. The van der Waals surface area contributed by atoms with Crippen LogP contribution in [0.3, 0.4) is 0 Å². The highest BCUT2D eigenvalue weighted by Crippen LogP contribution is 2.33. The molecule has 1 saturated heterocycles. The average molecular weight is 399 g/mol. The minimum atomic E-state index is -0.00422. The molecule has 6 heteroatoms. The van der Waals surface area contributed by atoms with Gasteiger partial charge in [-0.3, -0.25) is 10.8 Å².